The van der Waals surface area contributed by atoms with Crippen molar-refractivity contribution in [2.45, 2.75) is 76.3 Å². The smallest absolute Gasteiger partial charge is 0.264 e. The van der Waals surface area contributed by atoms with Crippen LogP contribution in [0.2, 0.25) is 0 Å². The van der Waals surface area contributed by atoms with Crippen LogP contribution in [-0.4, -0.2) is 40.1 Å². The second kappa shape index (κ2) is 6.68. The molecule has 1 spiro atoms. The van der Waals surface area contributed by atoms with Gasteiger partial charge >= 0.3 is 0 Å². The van der Waals surface area contributed by atoms with E-state index < -0.39 is 17.5 Å². The number of epoxide rings is 1. The van der Waals surface area contributed by atoms with Gasteiger partial charge in [0.1, 0.15) is 18.0 Å². The minimum Gasteiger partial charge on any atom is -0.457 e. The van der Waals surface area contributed by atoms with Crippen LogP contribution in [0.5, 0.6) is 5.75 Å². The lowest BCUT2D eigenvalue weighted by Gasteiger charge is -2.59. The first-order chi connectivity index (χ1) is 15.3. The first-order valence-corrected chi connectivity index (χ1v) is 12.3. The van der Waals surface area contributed by atoms with Crippen molar-refractivity contribution in [1.29, 1.82) is 0 Å². The number of ether oxygens (including phenoxy) is 2. The number of benzene rings is 1. The molecule has 0 radical (unpaired) electrons. The Hall–Kier alpha value is -1.69. The molecule has 172 valence electrons. The van der Waals surface area contributed by atoms with E-state index in [4.69, 9.17) is 9.47 Å². The van der Waals surface area contributed by atoms with Crippen molar-refractivity contribution >= 4 is 5.78 Å². The maximum absolute atomic E-state index is 12.1. The van der Waals surface area contributed by atoms with Gasteiger partial charge in [0.15, 0.2) is 5.78 Å². The molecule has 8 atom stereocenters. The highest BCUT2D eigenvalue weighted by molar-refractivity contribution is 5.91. The van der Waals surface area contributed by atoms with Gasteiger partial charge < -0.3 is 19.7 Å². The average Bonchev–Trinajstić information content (AvgIpc) is 3.33. The average molecular weight is 439 g/mol. The van der Waals surface area contributed by atoms with Gasteiger partial charge in [-0.25, -0.2) is 0 Å². The quantitative estimate of drug-likeness (QED) is 0.697. The lowest BCUT2D eigenvalue weighted by Crippen LogP contribution is -2.59. The Balaban J connectivity index is 1.34. The predicted octanol–water partition coefficient (Wildman–Crippen LogP) is 4.03. The van der Waals surface area contributed by atoms with E-state index in [1.165, 1.54) is 5.57 Å². The van der Waals surface area contributed by atoms with Crippen LogP contribution in [-0.2, 0) is 9.53 Å². The largest absolute Gasteiger partial charge is 0.457 e. The van der Waals surface area contributed by atoms with E-state index in [-0.39, 0.29) is 29.1 Å². The maximum atomic E-state index is 12.1. The minimum atomic E-state index is -1.04. The van der Waals surface area contributed by atoms with E-state index in [9.17, 15) is 15.0 Å². The molecular weight excluding hydrogens is 404 g/mol. The summed E-state index contributed by atoms with van der Waals surface area (Å²) in [6, 6.07) is 9.58. The van der Waals surface area contributed by atoms with Crippen LogP contribution in [0.3, 0.4) is 0 Å². The number of carbonyl (C=O) groups is 1. The molecule has 3 saturated carbocycles. The molecular formula is C27H34O5. The molecule has 5 aliphatic rings. The molecule has 1 aromatic carbocycles. The number of ketones is 1. The van der Waals surface area contributed by atoms with Crippen molar-refractivity contribution in [3.8, 4) is 5.75 Å². The minimum absolute atomic E-state index is 0.0909. The molecule has 5 heteroatoms. The Bertz CT molecular complexity index is 974. The highest BCUT2D eigenvalue weighted by Gasteiger charge is 2.84. The predicted molar refractivity (Wildman–Crippen MR) is 119 cm³/mol. The number of para-hydroxylation sites is 1. The van der Waals surface area contributed by atoms with E-state index in [0.717, 1.165) is 32.1 Å². The normalized spacial score (nSPS) is 49.1. The highest BCUT2D eigenvalue weighted by atomic mass is 16.8. The first-order valence-electron chi connectivity index (χ1n) is 12.3. The number of aliphatic hydroxyl groups excluding tert-OH is 2. The summed E-state index contributed by atoms with van der Waals surface area (Å²) in [6.45, 7) is 4.35. The number of hydrogen-bond acceptors (Lipinski definition) is 5. The van der Waals surface area contributed by atoms with Gasteiger partial charge in [-0.1, -0.05) is 37.6 Å². The fourth-order valence-electron chi connectivity index (χ4n) is 8.70. The summed E-state index contributed by atoms with van der Waals surface area (Å²) in [5.74, 6) is 0.900. The topological polar surface area (TPSA) is 79.3 Å². The summed E-state index contributed by atoms with van der Waals surface area (Å²) in [5, 5.41) is 22.0. The lowest BCUT2D eigenvalue weighted by atomic mass is 9.45. The standard InChI is InChI=1S/C27H34O5/c1-24-12-10-18(29)14-17(24)8-9-20-21-11-13-26(25(21,2)15-22(30)23(20)24)27(16-28,32-26)31-19-6-4-3-5-7-19/h3-7,14,20-23,28,30H,8-13,15-16H2,1-2H3/t20-,21-,22?,23+,24-,25-,26+,27?/m0/s1. The van der Waals surface area contributed by atoms with E-state index in [1.54, 1.807) is 0 Å². The Morgan fingerprint density at radius 1 is 1.12 bits per heavy atom. The van der Waals surface area contributed by atoms with Gasteiger partial charge in [0, 0.05) is 11.8 Å². The molecule has 6 rings (SSSR count). The number of allylic oxidation sites excluding steroid dienone is 1. The van der Waals surface area contributed by atoms with Crippen molar-refractivity contribution in [3.63, 3.8) is 0 Å². The van der Waals surface area contributed by atoms with Gasteiger partial charge in [-0.2, -0.15) is 0 Å². The summed E-state index contributed by atoms with van der Waals surface area (Å²) in [4.78, 5) is 12.1. The van der Waals surface area contributed by atoms with Gasteiger partial charge in [-0.3, -0.25) is 4.79 Å². The molecule has 32 heavy (non-hydrogen) atoms. The second-order valence-electron chi connectivity index (χ2n) is 11.4. The van der Waals surface area contributed by atoms with Gasteiger partial charge in [0.25, 0.3) is 5.79 Å². The van der Waals surface area contributed by atoms with Gasteiger partial charge in [-0.05, 0) is 79.9 Å². The Kier molecular flexibility index (Phi) is 4.36. The molecule has 5 nitrogen and oxygen atoms in total. The molecule has 1 heterocycles. The molecule has 2 unspecified atom stereocenters. The monoisotopic (exact) mass is 438 g/mol. The zero-order valence-corrected chi connectivity index (χ0v) is 19.0. The fourth-order valence-corrected chi connectivity index (χ4v) is 8.70. The third kappa shape index (κ3) is 2.48. The van der Waals surface area contributed by atoms with Crippen molar-refractivity contribution in [3.05, 3.63) is 42.0 Å². The molecule has 2 N–H and O–H groups in total. The van der Waals surface area contributed by atoms with Gasteiger partial charge in [0.2, 0.25) is 0 Å². The number of fused-ring (bicyclic) bond motifs is 6. The molecule has 1 saturated heterocycles. The summed E-state index contributed by atoms with van der Waals surface area (Å²) in [6.07, 6.45) is 7.34. The molecule has 4 aliphatic carbocycles. The molecule has 4 fully saturated rings. The maximum Gasteiger partial charge on any atom is 0.264 e. The molecule has 1 aromatic rings. The third-order valence-electron chi connectivity index (χ3n) is 10.2. The first kappa shape index (κ1) is 20.9. The van der Waals surface area contributed by atoms with Crippen LogP contribution >= 0.6 is 0 Å². The van der Waals surface area contributed by atoms with Crippen LogP contribution in [0.4, 0.5) is 0 Å². The van der Waals surface area contributed by atoms with E-state index in [1.807, 2.05) is 36.4 Å². The van der Waals surface area contributed by atoms with E-state index in [2.05, 4.69) is 13.8 Å². The zero-order valence-electron chi connectivity index (χ0n) is 19.0. The van der Waals surface area contributed by atoms with Crippen LogP contribution in [0.25, 0.3) is 0 Å². The van der Waals surface area contributed by atoms with E-state index >= 15 is 0 Å². The van der Waals surface area contributed by atoms with Gasteiger partial charge in [-0.15, -0.1) is 0 Å². The zero-order chi connectivity index (χ0) is 22.4. The number of rotatable bonds is 3. The third-order valence-corrected chi connectivity index (χ3v) is 10.2. The SMILES string of the molecule is C[C@]12CCC(=O)C=C1CC[C@@H]1[C@@H]2C(O)C[C@@]2(C)[C@H]1CC[C@@]21OC1(CO)Oc1ccccc1. The highest BCUT2D eigenvalue weighted by Crippen LogP contribution is 2.75. The number of aliphatic hydroxyl groups is 2. The summed E-state index contributed by atoms with van der Waals surface area (Å²) < 4.78 is 12.7. The molecule has 0 aromatic heterocycles. The second-order valence-corrected chi connectivity index (χ2v) is 11.4. The number of hydrogen-bond donors (Lipinski definition) is 2. The van der Waals surface area contributed by atoms with Crippen LogP contribution in [0.15, 0.2) is 42.0 Å². The van der Waals surface area contributed by atoms with Crippen molar-refractivity contribution in [2.24, 2.45) is 28.6 Å². The van der Waals surface area contributed by atoms with Gasteiger partial charge in [0.05, 0.1) is 6.10 Å². The molecule has 0 bridgehead atoms. The Morgan fingerprint density at radius 3 is 2.66 bits per heavy atom. The molecule has 1 aliphatic heterocycles. The summed E-state index contributed by atoms with van der Waals surface area (Å²) in [5.41, 5.74) is 0.338. The van der Waals surface area contributed by atoms with Crippen molar-refractivity contribution in [2.75, 3.05) is 6.61 Å². The Morgan fingerprint density at radius 2 is 1.91 bits per heavy atom. The summed E-state index contributed by atoms with van der Waals surface area (Å²) in [7, 11) is 0. The fraction of sp³-hybridized carbons (Fsp3) is 0.667. The lowest BCUT2D eigenvalue weighted by molar-refractivity contribution is -0.136. The summed E-state index contributed by atoms with van der Waals surface area (Å²) >= 11 is 0. The van der Waals surface area contributed by atoms with Crippen LogP contribution in [0, 0.1) is 28.6 Å². The molecule has 0 amide bonds. The van der Waals surface area contributed by atoms with Crippen molar-refractivity contribution in [1.82, 2.24) is 0 Å². The number of carbonyl (C=O) groups excluding carboxylic acids is 1. The van der Waals surface area contributed by atoms with Crippen molar-refractivity contribution < 1.29 is 24.5 Å². The van der Waals surface area contributed by atoms with E-state index in [0.29, 0.717) is 30.4 Å². The van der Waals surface area contributed by atoms with Crippen LogP contribution < -0.4 is 4.74 Å². The Labute approximate surface area is 189 Å². The van der Waals surface area contributed by atoms with Crippen LogP contribution in [0.1, 0.15) is 58.8 Å².